The molecule has 0 spiro atoms. The van der Waals surface area contributed by atoms with Gasteiger partial charge in [-0.25, -0.2) is 4.68 Å². The topological polar surface area (TPSA) is 43.8 Å². The van der Waals surface area contributed by atoms with E-state index in [1.165, 1.54) is 5.56 Å². The third-order valence-electron chi connectivity index (χ3n) is 2.98. The summed E-state index contributed by atoms with van der Waals surface area (Å²) in [5.41, 5.74) is 8.35. The molecule has 2 aromatic rings. The smallest absolute Gasteiger partial charge is 0.136 e. The Balaban J connectivity index is 2.45. The van der Waals surface area contributed by atoms with E-state index in [4.69, 9.17) is 5.73 Å². The van der Waals surface area contributed by atoms with Crippen molar-refractivity contribution in [1.82, 2.24) is 9.78 Å². The third kappa shape index (κ3) is 2.56. The van der Waals surface area contributed by atoms with Crippen molar-refractivity contribution in [1.29, 1.82) is 0 Å². The standard InChI is InChI=1S/C13H15BrIN3/c1-3-11(9-4-6-10(14)7-5-9)18-13(16)12(15)8(2)17-18/h4-7,11H,3,16H2,1-2H3. The average Bonchev–Trinajstić information content (AvgIpc) is 2.61. The van der Waals surface area contributed by atoms with Crippen LogP contribution in [0.2, 0.25) is 0 Å². The van der Waals surface area contributed by atoms with Crippen molar-refractivity contribution in [2.24, 2.45) is 0 Å². The highest BCUT2D eigenvalue weighted by Crippen LogP contribution is 2.28. The van der Waals surface area contributed by atoms with Crippen LogP contribution in [0.1, 0.15) is 30.6 Å². The van der Waals surface area contributed by atoms with Gasteiger partial charge in [-0.15, -0.1) is 0 Å². The number of anilines is 1. The molecule has 0 fully saturated rings. The fourth-order valence-electron chi connectivity index (χ4n) is 2.02. The molecule has 5 heteroatoms. The fourth-order valence-corrected chi connectivity index (χ4v) is 2.64. The quantitative estimate of drug-likeness (QED) is 0.759. The Morgan fingerprint density at radius 2 is 2.00 bits per heavy atom. The molecule has 3 nitrogen and oxygen atoms in total. The van der Waals surface area contributed by atoms with Crippen LogP contribution < -0.4 is 5.73 Å². The Morgan fingerprint density at radius 1 is 1.39 bits per heavy atom. The van der Waals surface area contributed by atoms with Gasteiger partial charge >= 0.3 is 0 Å². The van der Waals surface area contributed by atoms with Crippen molar-refractivity contribution in [3.8, 4) is 0 Å². The minimum atomic E-state index is 0.195. The van der Waals surface area contributed by atoms with Gasteiger partial charge in [0.15, 0.2) is 0 Å². The lowest BCUT2D eigenvalue weighted by molar-refractivity contribution is 0.513. The van der Waals surface area contributed by atoms with Crippen molar-refractivity contribution >= 4 is 44.3 Å². The number of hydrogen-bond acceptors (Lipinski definition) is 2. The van der Waals surface area contributed by atoms with Crippen LogP contribution in [0.5, 0.6) is 0 Å². The second-order valence-corrected chi connectivity index (χ2v) is 6.20. The number of aryl methyl sites for hydroxylation is 1. The highest BCUT2D eigenvalue weighted by molar-refractivity contribution is 14.1. The monoisotopic (exact) mass is 419 g/mol. The lowest BCUT2D eigenvalue weighted by Gasteiger charge is -2.17. The third-order valence-corrected chi connectivity index (χ3v) is 4.85. The van der Waals surface area contributed by atoms with Gasteiger partial charge in [-0.1, -0.05) is 35.0 Å². The lowest BCUT2D eigenvalue weighted by atomic mass is 10.1. The largest absolute Gasteiger partial charge is 0.383 e. The molecule has 0 saturated carbocycles. The Labute approximate surface area is 129 Å². The molecule has 1 heterocycles. The number of benzene rings is 1. The van der Waals surface area contributed by atoms with Crippen molar-refractivity contribution in [2.45, 2.75) is 26.3 Å². The minimum Gasteiger partial charge on any atom is -0.383 e. The van der Waals surface area contributed by atoms with E-state index in [0.29, 0.717) is 0 Å². The van der Waals surface area contributed by atoms with Crippen LogP contribution in [-0.2, 0) is 0 Å². The van der Waals surface area contributed by atoms with E-state index >= 15 is 0 Å². The molecule has 0 amide bonds. The van der Waals surface area contributed by atoms with E-state index in [1.54, 1.807) is 0 Å². The molecule has 2 N–H and O–H groups in total. The van der Waals surface area contributed by atoms with Gasteiger partial charge in [0.05, 0.1) is 15.3 Å². The van der Waals surface area contributed by atoms with Gasteiger partial charge in [0.2, 0.25) is 0 Å². The van der Waals surface area contributed by atoms with Crippen LogP contribution in [0, 0.1) is 10.5 Å². The fraction of sp³-hybridized carbons (Fsp3) is 0.308. The van der Waals surface area contributed by atoms with Crippen LogP contribution in [0.3, 0.4) is 0 Å². The van der Waals surface area contributed by atoms with Gasteiger partial charge in [-0.2, -0.15) is 5.10 Å². The molecular weight excluding hydrogens is 405 g/mol. The van der Waals surface area contributed by atoms with Gasteiger partial charge in [0.25, 0.3) is 0 Å². The Morgan fingerprint density at radius 3 is 2.44 bits per heavy atom. The molecular formula is C13H15BrIN3. The highest BCUT2D eigenvalue weighted by atomic mass is 127. The molecule has 18 heavy (non-hydrogen) atoms. The molecule has 2 rings (SSSR count). The van der Waals surface area contributed by atoms with E-state index in [-0.39, 0.29) is 6.04 Å². The molecule has 0 aliphatic rings. The normalized spacial score (nSPS) is 12.7. The van der Waals surface area contributed by atoms with Crippen molar-refractivity contribution < 1.29 is 0 Å². The van der Waals surface area contributed by atoms with Crippen LogP contribution in [-0.4, -0.2) is 9.78 Å². The summed E-state index contributed by atoms with van der Waals surface area (Å²) in [6, 6.07) is 8.52. The lowest BCUT2D eigenvalue weighted by Crippen LogP contribution is -2.14. The summed E-state index contributed by atoms with van der Waals surface area (Å²) in [7, 11) is 0. The van der Waals surface area contributed by atoms with Crippen LogP contribution in [0.25, 0.3) is 0 Å². The summed E-state index contributed by atoms with van der Waals surface area (Å²) in [6.45, 7) is 4.14. The molecule has 0 bridgehead atoms. The maximum atomic E-state index is 6.13. The first kappa shape index (κ1) is 13.9. The predicted molar refractivity (Wildman–Crippen MR) is 86.7 cm³/mol. The maximum Gasteiger partial charge on any atom is 0.136 e. The zero-order valence-corrected chi connectivity index (χ0v) is 14.1. The molecule has 0 radical (unpaired) electrons. The van der Waals surface area contributed by atoms with Gasteiger partial charge < -0.3 is 5.73 Å². The summed E-state index contributed by atoms with van der Waals surface area (Å²) >= 11 is 5.70. The van der Waals surface area contributed by atoms with Crippen molar-refractivity contribution in [3.63, 3.8) is 0 Å². The van der Waals surface area contributed by atoms with Gasteiger partial charge in [-0.3, -0.25) is 0 Å². The first-order valence-electron chi connectivity index (χ1n) is 5.80. The predicted octanol–water partition coefficient (Wildman–Crippen LogP) is 4.14. The molecule has 96 valence electrons. The van der Waals surface area contributed by atoms with Gasteiger partial charge in [-0.05, 0) is 53.6 Å². The number of nitrogens with two attached hydrogens (primary N) is 1. The number of rotatable bonds is 3. The minimum absolute atomic E-state index is 0.195. The average molecular weight is 420 g/mol. The number of nitrogens with zero attached hydrogens (tertiary/aromatic N) is 2. The van der Waals surface area contributed by atoms with Gasteiger partial charge in [0, 0.05) is 4.47 Å². The Bertz CT molecular complexity index is 548. The van der Waals surface area contributed by atoms with Crippen LogP contribution in [0.15, 0.2) is 28.7 Å². The zero-order chi connectivity index (χ0) is 13.3. The van der Waals surface area contributed by atoms with Crippen molar-refractivity contribution in [3.05, 3.63) is 43.6 Å². The highest BCUT2D eigenvalue weighted by Gasteiger charge is 2.18. The first-order valence-corrected chi connectivity index (χ1v) is 7.67. The molecule has 1 aromatic carbocycles. The molecule has 0 saturated heterocycles. The summed E-state index contributed by atoms with van der Waals surface area (Å²) in [4.78, 5) is 0. The molecule has 0 aliphatic carbocycles. The zero-order valence-electron chi connectivity index (χ0n) is 10.3. The van der Waals surface area contributed by atoms with E-state index in [2.05, 4.69) is 74.8 Å². The first-order chi connectivity index (χ1) is 8.54. The molecule has 1 aromatic heterocycles. The molecule has 1 atom stereocenters. The summed E-state index contributed by atoms with van der Waals surface area (Å²) in [5, 5.41) is 4.55. The van der Waals surface area contributed by atoms with E-state index in [0.717, 1.165) is 26.0 Å². The van der Waals surface area contributed by atoms with Crippen LogP contribution in [0.4, 0.5) is 5.82 Å². The maximum absolute atomic E-state index is 6.13. The summed E-state index contributed by atoms with van der Waals surface area (Å²) in [5.74, 6) is 0.753. The second kappa shape index (κ2) is 5.61. The number of hydrogen-bond donors (Lipinski definition) is 1. The molecule has 0 aliphatic heterocycles. The van der Waals surface area contributed by atoms with Crippen LogP contribution >= 0.6 is 38.5 Å². The molecule has 1 unspecified atom stereocenters. The van der Waals surface area contributed by atoms with Crippen molar-refractivity contribution in [2.75, 3.05) is 5.73 Å². The van der Waals surface area contributed by atoms with Gasteiger partial charge in [0.1, 0.15) is 5.82 Å². The number of aromatic nitrogens is 2. The summed E-state index contributed by atoms with van der Waals surface area (Å²) in [6.07, 6.45) is 0.961. The Kier molecular flexibility index (Phi) is 4.32. The second-order valence-electron chi connectivity index (χ2n) is 4.20. The number of halogens is 2. The van der Waals surface area contributed by atoms with E-state index in [9.17, 15) is 0 Å². The Hall–Kier alpha value is -0.560. The number of nitrogen functional groups attached to an aromatic ring is 1. The van der Waals surface area contributed by atoms with E-state index in [1.807, 2.05) is 11.6 Å². The van der Waals surface area contributed by atoms with E-state index < -0.39 is 0 Å². The SMILES string of the molecule is CCC(c1ccc(Br)cc1)n1nc(C)c(I)c1N. The summed E-state index contributed by atoms with van der Waals surface area (Å²) < 4.78 is 4.06.